The van der Waals surface area contributed by atoms with E-state index in [9.17, 15) is 5.11 Å². The number of aliphatic hydroxyl groups is 1. The summed E-state index contributed by atoms with van der Waals surface area (Å²) in [5.41, 5.74) is 0.755. The minimum atomic E-state index is -0.473. The van der Waals surface area contributed by atoms with Gasteiger partial charge < -0.3 is 9.84 Å². The SMILES string of the molecule is OC(c1csnn1)C1CCOC2(CCSCC2)C1. The number of hydrogen-bond acceptors (Lipinski definition) is 6. The van der Waals surface area contributed by atoms with Crippen molar-refractivity contribution in [3.05, 3.63) is 11.1 Å². The largest absolute Gasteiger partial charge is 0.386 e. The van der Waals surface area contributed by atoms with Crippen LogP contribution in [0, 0.1) is 5.92 Å². The van der Waals surface area contributed by atoms with E-state index >= 15 is 0 Å². The molecule has 3 heterocycles. The Morgan fingerprint density at radius 1 is 1.44 bits per heavy atom. The minimum Gasteiger partial charge on any atom is -0.386 e. The summed E-state index contributed by atoms with van der Waals surface area (Å²) in [6, 6.07) is 0. The molecular weight excluding hydrogens is 268 g/mol. The summed E-state index contributed by atoms with van der Waals surface area (Å²) in [5, 5.41) is 16.2. The number of aromatic nitrogens is 2. The standard InChI is InChI=1S/C12H18N2O2S2/c15-11(10-8-18-14-13-10)9-1-4-16-12(7-9)2-5-17-6-3-12/h8-9,11,15H,1-7H2. The lowest BCUT2D eigenvalue weighted by molar-refractivity contribution is -0.121. The van der Waals surface area contributed by atoms with E-state index in [-0.39, 0.29) is 11.5 Å². The quantitative estimate of drug-likeness (QED) is 0.904. The Bertz CT molecular complexity index is 374. The van der Waals surface area contributed by atoms with Crippen LogP contribution in [0.1, 0.15) is 37.5 Å². The van der Waals surface area contributed by atoms with E-state index in [4.69, 9.17) is 4.74 Å². The average Bonchev–Trinajstić information content (AvgIpc) is 2.93. The van der Waals surface area contributed by atoms with Gasteiger partial charge in [0.25, 0.3) is 0 Å². The van der Waals surface area contributed by atoms with Gasteiger partial charge in [0.15, 0.2) is 0 Å². The summed E-state index contributed by atoms with van der Waals surface area (Å²) in [5.74, 6) is 2.63. The van der Waals surface area contributed by atoms with Crippen molar-refractivity contribution in [1.29, 1.82) is 0 Å². The molecule has 0 bridgehead atoms. The molecule has 1 aromatic heterocycles. The Morgan fingerprint density at radius 3 is 3.00 bits per heavy atom. The molecule has 2 saturated heterocycles. The molecule has 4 nitrogen and oxygen atoms in total. The molecule has 0 amide bonds. The lowest BCUT2D eigenvalue weighted by Crippen LogP contribution is -2.44. The molecule has 3 rings (SSSR count). The fourth-order valence-electron chi connectivity index (χ4n) is 2.97. The van der Waals surface area contributed by atoms with Gasteiger partial charge in [0.2, 0.25) is 0 Å². The lowest BCUT2D eigenvalue weighted by Gasteiger charge is -2.44. The molecule has 1 aromatic rings. The van der Waals surface area contributed by atoms with Crippen molar-refractivity contribution >= 4 is 23.3 Å². The van der Waals surface area contributed by atoms with Crippen molar-refractivity contribution in [2.75, 3.05) is 18.1 Å². The van der Waals surface area contributed by atoms with Crippen molar-refractivity contribution < 1.29 is 9.84 Å². The van der Waals surface area contributed by atoms with Gasteiger partial charge in [-0.05, 0) is 54.6 Å². The highest BCUT2D eigenvalue weighted by Gasteiger charge is 2.41. The zero-order chi connectivity index (χ0) is 12.4. The fraction of sp³-hybridized carbons (Fsp3) is 0.833. The minimum absolute atomic E-state index is 0.0264. The van der Waals surface area contributed by atoms with E-state index < -0.39 is 6.10 Å². The van der Waals surface area contributed by atoms with Crippen molar-refractivity contribution in [2.45, 2.75) is 37.4 Å². The highest BCUT2D eigenvalue weighted by atomic mass is 32.2. The van der Waals surface area contributed by atoms with Crippen molar-refractivity contribution in [2.24, 2.45) is 5.92 Å². The van der Waals surface area contributed by atoms with Gasteiger partial charge in [-0.1, -0.05) is 4.49 Å². The maximum Gasteiger partial charge on any atom is 0.104 e. The molecular formula is C12H18N2O2S2. The van der Waals surface area contributed by atoms with E-state index in [2.05, 4.69) is 9.59 Å². The van der Waals surface area contributed by atoms with Crippen LogP contribution in [0.5, 0.6) is 0 Å². The summed E-state index contributed by atoms with van der Waals surface area (Å²) >= 11 is 3.31. The molecule has 6 heteroatoms. The molecule has 0 aromatic carbocycles. The summed E-state index contributed by atoms with van der Waals surface area (Å²) in [6.07, 6.45) is 3.66. The second kappa shape index (κ2) is 5.45. The topological polar surface area (TPSA) is 55.2 Å². The Hall–Kier alpha value is -0.170. The van der Waals surface area contributed by atoms with Crippen molar-refractivity contribution in [1.82, 2.24) is 9.59 Å². The molecule has 0 radical (unpaired) electrons. The number of aliphatic hydroxyl groups excluding tert-OH is 1. The molecule has 2 aliphatic heterocycles. The van der Waals surface area contributed by atoms with Crippen molar-refractivity contribution in [3.63, 3.8) is 0 Å². The van der Waals surface area contributed by atoms with Crippen LogP contribution in [0.3, 0.4) is 0 Å². The normalized spacial score (nSPS) is 29.3. The highest BCUT2D eigenvalue weighted by Crippen LogP contribution is 2.43. The Kier molecular flexibility index (Phi) is 3.89. The first kappa shape index (κ1) is 12.8. The Labute approximate surface area is 115 Å². The second-order valence-corrected chi connectivity index (χ2v) is 7.01. The zero-order valence-electron chi connectivity index (χ0n) is 10.2. The van der Waals surface area contributed by atoms with Gasteiger partial charge in [-0.15, -0.1) is 5.10 Å². The van der Waals surface area contributed by atoms with E-state index in [1.807, 2.05) is 17.1 Å². The molecule has 2 fully saturated rings. The van der Waals surface area contributed by atoms with E-state index in [1.165, 1.54) is 23.0 Å². The molecule has 18 heavy (non-hydrogen) atoms. The molecule has 2 atom stereocenters. The van der Waals surface area contributed by atoms with E-state index in [0.717, 1.165) is 38.0 Å². The van der Waals surface area contributed by atoms with Crippen LogP contribution in [-0.2, 0) is 4.74 Å². The number of nitrogens with zero attached hydrogens (tertiary/aromatic N) is 2. The van der Waals surface area contributed by atoms with Gasteiger partial charge in [0, 0.05) is 12.0 Å². The first-order chi connectivity index (χ1) is 8.79. The molecule has 100 valence electrons. The van der Waals surface area contributed by atoms with Crippen LogP contribution in [0.25, 0.3) is 0 Å². The molecule has 1 spiro atoms. The Morgan fingerprint density at radius 2 is 2.28 bits per heavy atom. The smallest absolute Gasteiger partial charge is 0.104 e. The van der Waals surface area contributed by atoms with Gasteiger partial charge >= 0.3 is 0 Å². The Balaban J connectivity index is 1.70. The third-order valence-corrected chi connectivity index (χ3v) is 5.57. The van der Waals surface area contributed by atoms with Crippen LogP contribution in [0.2, 0.25) is 0 Å². The predicted molar refractivity (Wildman–Crippen MR) is 72.8 cm³/mol. The monoisotopic (exact) mass is 286 g/mol. The predicted octanol–water partition coefficient (Wildman–Crippen LogP) is 2.26. The van der Waals surface area contributed by atoms with Crippen LogP contribution in [0.4, 0.5) is 0 Å². The van der Waals surface area contributed by atoms with Crippen LogP contribution in [0.15, 0.2) is 5.38 Å². The third kappa shape index (κ3) is 2.57. The summed E-state index contributed by atoms with van der Waals surface area (Å²) < 4.78 is 9.89. The van der Waals surface area contributed by atoms with Gasteiger partial charge in [0.1, 0.15) is 11.8 Å². The first-order valence-electron chi connectivity index (χ1n) is 6.46. The second-order valence-electron chi connectivity index (χ2n) is 5.17. The van der Waals surface area contributed by atoms with Gasteiger partial charge in [-0.3, -0.25) is 0 Å². The van der Waals surface area contributed by atoms with Crippen molar-refractivity contribution in [3.8, 4) is 0 Å². The molecule has 2 aliphatic rings. The maximum absolute atomic E-state index is 10.4. The molecule has 0 saturated carbocycles. The van der Waals surface area contributed by atoms with Gasteiger partial charge in [-0.25, -0.2) is 0 Å². The average molecular weight is 286 g/mol. The van der Waals surface area contributed by atoms with Crippen LogP contribution < -0.4 is 0 Å². The molecule has 0 aliphatic carbocycles. The first-order valence-corrected chi connectivity index (χ1v) is 8.45. The highest BCUT2D eigenvalue weighted by molar-refractivity contribution is 7.99. The lowest BCUT2D eigenvalue weighted by atomic mass is 9.79. The van der Waals surface area contributed by atoms with E-state index in [0.29, 0.717) is 0 Å². The maximum atomic E-state index is 10.4. The fourth-order valence-corrected chi connectivity index (χ4v) is 4.69. The summed E-state index contributed by atoms with van der Waals surface area (Å²) in [7, 11) is 0. The van der Waals surface area contributed by atoms with Gasteiger partial charge in [0.05, 0.1) is 5.60 Å². The third-order valence-electron chi connectivity index (χ3n) is 4.06. The number of rotatable bonds is 2. The summed E-state index contributed by atoms with van der Waals surface area (Å²) in [6.45, 7) is 0.768. The molecule has 1 N–H and O–H groups in total. The van der Waals surface area contributed by atoms with Crippen LogP contribution in [-0.4, -0.2) is 38.4 Å². The number of thioether (sulfide) groups is 1. The van der Waals surface area contributed by atoms with Gasteiger partial charge in [-0.2, -0.15) is 11.8 Å². The summed E-state index contributed by atoms with van der Waals surface area (Å²) in [4.78, 5) is 0. The number of hydrogen-bond donors (Lipinski definition) is 1. The van der Waals surface area contributed by atoms with E-state index in [1.54, 1.807) is 0 Å². The molecule has 2 unspecified atom stereocenters. The van der Waals surface area contributed by atoms with Crippen LogP contribution >= 0.6 is 23.3 Å². The zero-order valence-corrected chi connectivity index (χ0v) is 11.9. The number of ether oxygens (including phenoxy) is 1.